The van der Waals surface area contributed by atoms with Crippen molar-refractivity contribution in [3.8, 4) is 0 Å². The lowest BCUT2D eigenvalue weighted by Gasteiger charge is -2.06. The Labute approximate surface area is 78.3 Å². The number of hydrogen-bond acceptors (Lipinski definition) is 2. The van der Waals surface area contributed by atoms with Crippen LogP contribution in [0, 0.1) is 5.92 Å². The number of amides is 1. The molecule has 0 radical (unpaired) electrons. The number of carbonyl (C=O) groups excluding carboxylic acids is 1. The second-order valence-electron chi connectivity index (χ2n) is 3.30. The highest BCUT2D eigenvalue weighted by Gasteiger charge is 2.04. The summed E-state index contributed by atoms with van der Waals surface area (Å²) in [5.74, 6) is -0.759. The Morgan fingerprint density at radius 2 is 1.92 bits per heavy atom. The van der Waals surface area contributed by atoms with E-state index in [0.29, 0.717) is 13.0 Å². The van der Waals surface area contributed by atoms with Crippen LogP contribution in [0.15, 0.2) is 0 Å². The summed E-state index contributed by atoms with van der Waals surface area (Å²) in [6, 6.07) is 0. The van der Waals surface area contributed by atoms with Crippen LogP contribution < -0.4 is 5.32 Å². The van der Waals surface area contributed by atoms with E-state index >= 15 is 0 Å². The molecule has 0 atom stereocenters. The van der Waals surface area contributed by atoms with Crippen molar-refractivity contribution < 1.29 is 14.7 Å². The smallest absolute Gasteiger partial charge is 0.303 e. The van der Waals surface area contributed by atoms with Crippen molar-refractivity contribution >= 4 is 11.9 Å². The summed E-state index contributed by atoms with van der Waals surface area (Å²) in [5.41, 5.74) is 0. The Morgan fingerprint density at radius 1 is 1.31 bits per heavy atom. The van der Waals surface area contributed by atoms with Crippen LogP contribution in [-0.4, -0.2) is 23.5 Å². The van der Waals surface area contributed by atoms with Crippen molar-refractivity contribution in [1.29, 1.82) is 0 Å². The number of hydrogen-bond donors (Lipinski definition) is 2. The molecule has 0 fully saturated rings. The van der Waals surface area contributed by atoms with Gasteiger partial charge in [0, 0.05) is 18.9 Å². The SMILES string of the molecule is CC(C)C(=O)NCCCCC(=O)O. The molecule has 0 spiro atoms. The van der Waals surface area contributed by atoms with E-state index in [1.54, 1.807) is 0 Å². The molecule has 0 saturated carbocycles. The van der Waals surface area contributed by atoms with Gasteiger partial charge in [-0.1, -0.05) is 13.8 Å². The van der Waals surface area contributed by atoms with Crippen LogP contribution in [0.1, 0.15) is 33.1 Å². The first kappa shape index (κ1) is 11.9. The van der Waals surface area contributed by atoms with E-state index in [1.807, 2.05) is 13.8 Å². The van der Waals surface area contributed by atoms with Crippen molar-refractivity contribution in [1.82, 2.24) is 5.32 Å². The molecule has 0 aliphatic rings. The standard InChI is InChI=1S/C9H17NO3/c1-7(2)9(13)10-6-4-3-5-8(11)12/h7H,3-6H2,1-2H3,(H,10,13)(H,11,12). The van der Waals surface area contributed by atoms with E-state index in [1.165, 1.54) is 0 Å². The zero-order valence-corrected chi connectivity index (χ0v) is 8.17. The Bertz CT molecular complexity index is 178. The third-order valence-electron chi connectivity index (χ3n) is 1.64. The molecule has 0 aromatic rings. The van der Waals surface area contributed by atoms with Gasteiger partial charge in [-0.15, -0.1) is 0 Å². The zero-order valence-electron chi connectivity index (χ0n) is 8.17. The molecular formula is C9H17NO3. The predicted molar refractivity (Wildman–Crippen MR) is 49.3 cm³/mol. The molecule has 1 amide bonds. The molecule has 4 heteroatoms. The molecular weight excluding hydrogens is 170 g/mol. The number of nitrogens with one attached hydrogen (secondary N) is 1. The minimum absolute atomic E-state index is 0.000487. The molecule has 0 aliphatic carbocycles. The van der Waals surface area contributed by atoms with Gasteiger partial charge in [-0.3, -0.25) is 9.59 Å². The number of rotatable bonds is 6. The fraction of sp³-hybridized carbons (Fsp3) is 0.778. The Morgan fingerprint density at radius 3 is 2.38 bits per heavy atom. The highest BCUT2D eigenvalue weighted by atomic mass is 16.4. The van der Waals surface area contributed by atoms with E-state index in [2.05, 4.69) is 5.32 Å². The molecule has 0 aliphatic heterocycles. The van der Waals surface area contributed by atoms with Crippen LogP contribution in [0.2, 0.25) is 0 Å². The van der Waals surface area contributed by atoms with Crippen LogP contribution in [0.25, 0.3) is 0 Å². The second-order valence-corrected chi connectivity index (χ2v) is 3.30. The van der Waals surface area contributed by atoms with Crippen LogP contribution in [0.3, 0.4) is 0 Å². The highest BCUT2D eigenvalue weighted by molar-refractivity contribution is 5.77. The first-order valence-corrected chi connectivity index (χ1v) is 4.53. The Balaban J connectivity index is 3.26. The largest absolute Gasteiger partial charge is 0.481 e. The maximum Gasteiger partial charge on any atom is 0.303 e. The minimum atomic E-state index is -0.782. The van der Waals surface area contributed by atoms with Gasteiger partial charge in [0.2, 0.25) is 5.91 Å². The molecule has 0 unspecified atom stereocenters. The lowest BCUT2D eigenvalue weighted by atomic mass is 10.2. The van der Waals surface area contributed by atoms with Gasteiger partial charge in [0.15, 0.2) is 0 Å². The molecule has 76 valence electrons. The van der Waals surface area contributed by atoms with Crippen LogP contribution >= 0.6 is 0 Å². The number of aliphatic carboxylic acids is 1. The molecule has 2 N–H and O–H groups in total. The van der Waals surface area contributed by atoms with Crippen molar-refractivity contribution in [2.75, 3.05) is 6.54 Å². The molecule has 0 heterocycles. The third-order valence-corrected chi connectivity index (χ3v) is 1.64. The Hall–Kier alpha value is -1.06. The minimum Gasteiger partial charge on any atom is -0.481 e. The van der Waals surface area contributed by atoms with E-state index in [4.69, 9.17) is 5.11 Å². The molecule has 0 aromatic carbocycles. The summed E-state index contributed by atoms with van der Waals surface area (Å²) < 4.78 is 0. The highest BCUT2D eigenvalue weighted by Crippen LogP contribution is 1.95. The lowest BCUT2D eigenvalue weighted by molar-refractivity contribution is -0.137. The van der Waals surface area contributed by atoms with Gasteiger partial charge >= 0.3 is 5.97 Å². The molecule has 13 heavy (non-hydrogen) atoms. The number of carbonyl (C=O) groups is 2. The normalized spacial score (nSPS) is 10.1. The van der Waals surface area contributed by atoms with Crippen molar-refractivity contribution in [2.24, 2.45) is 5.92 Å². The van der Waals surface area contributed by atoms with Gasteiger partial charge in [0.1, 0.15) is 0 Å². The molecule has 0 aromatic heterocycles. The summed E-state index contributed by atoms with van der Waals surface area (Å²) in [5, 5.41) is 11.0. The number of carboxylic acids is 1. The van der Waals surface area contributed by atoms with Crippen molar-refractivity contribution in [2.45, 2.75) is 33.1 Å². The van der Waals surface area contributed by atoms with Gasteiger partial charge < -0.3 is 10.4 Å². The number of carboxylic acid groups (broad SMARTS) is 1. The molecule has 0 bridgehead atoms. The Kier molecular flexibility index (Phi) is 5.93. The summed E-state index contributed by atoms with van der Waals surface area (Å²) in [7, 11) is 0. The maximum atomic E-state index is 11.0. The molecule has 0 saturated heterocycles. The first-order valence-electron chi connectivity index (χ1n) is 4.53. The van der Waals surface area contributed by atoms with Crippen LogP contribution in [0.5, 0.6) is 0 Å². The maximum absolute atomic E-state index is 11.0. The quantitative estimate of drug-likeness (QED) is 0.610. The summed E-state index contributed by atoms with van der Waals surface area (Å²) in [4.78, 5) is 21.1. The average Bonchev–Trinajstić information content (AvgIpc) is 2.02. The average molecular weight is 187 g/mol. The van der Waals surface area contributed by atoms with E-state index in [0.717, 1.165) is 6.42 Å². The van der Waals surface area contributed by atoms with Gasteiger partial charge in [-0.25, -0.2) is 0 Å². The van der Waals surface area contributed by atoms with Crippen LogP contribution in [-0.2, 0) is 9.59 Å². The van der Waals surface area contributed by atoms with Gasteiger partial charge in [0.05, 0.1) is 0 Å². The fourth-order valence-electron chi connectivity index (χ4n) is 0.817. The predicted octanol–water partition coefficient (Wildman–Crippen LogP) is 1.01. The van der Waals surface area contributed by atoms with Gasteiger partial charge in [-0.2, -0.15) is 0 Å². The van der Waals surface area contributed by atoms with E-state index < -0.39 is 5.97 Å². The monoisotopic (exact) mass is 187 g/mol. The summed E-state index contributed by atoms with van der Waals surface area (Å²) in [6.07, 6.45) is 1.52. The van der Waals surface area contributed by atoms with Gasteiger partial charge in [-0.05, 0) is 12.8 Å². The van der Waals surface area contributed by atoms with Crippen LogP contribution in [0.4, 0.5) is 0 Å². The van der Waals surface area contributed by atoms with Crippen molar-refractivity contribution in [3.63, 3.8) is 0 Å². The first-order chi connectivity index (χ1) is 6.04. The summed E-state index contributed by atoms with van der Waals surface area (Å²) in [6.45, 7) is 4.23. The zero-order chi connectivity index (χ0) is 10.3. The van der Waals surface area contributed by atoms with Gasteiger partial charge in [0.25, 0.3) is 0 Å². The topological polar surface area (TPSA) is 66.4 Å². The van der Waals surface area contributed by atoms with E-state index in [9.17, 15) is 9.59 Å². The molecule has 0 rings (SSSR count). The number of unbranched alkanes of at least 4 members (excludes halogenated alkanes) is 1. The fourth-order valence-corrected chi connectivity index (χ4v) is 0.817. The summed E-state index contributed by atoms with van der Waals surface area (Å²) >= 11 is 0. The van der Waals surface area contributed by atoms with Crippen molar-refractivity contribution in [3.05, 3.63) is 0 Å². The molecule has 4 nitrogen and oxygen atoms in total. The second kappa shape index (κ2) is 6.46. The van der Waals surface area contributed by atoms with E-state index in [-0.39, 0.29) is 18.2 Å². The third kappa shape index (κ3) is 7.31. The lowest BCUT2D eigenvalue weighted by Crippen LogP contribution is -2.28.